The third kappa shape index (κ3) is 3.49. The molecule has 1 unspecified atom stereocenters. The molecule has 0 spiro atoms. The fourth-order valence-corrected chi connectivity index (χ4v) is 2.91. The van der Waals surface area contributed by atoms with Gasteiger partial charge in [-0.25, -0.2) is 4.98 Å². The van der Waals surface area contributed by atoms with Crippen molar-refractivity contribution in [3.05, 3.63) is 17.5 Å². The van der Waals surface area contributed by atoms with Crippen LogP contribution in [-0.2, 0) is 4.74 Å². The Labute approximate surface area is 122 Å². The van der Waals surface area contributed by atoms with E-state index in [-0.39, 0.29) is 11.9 Å². The summed E-state index contributed by atoms with van der Waals surface area (Å²) in [6.45, 7) is 8.50. The van der Waals surface area contributed by atoms with E-state index >= 15 is 0 Å². The molecule has 0 bridgehead atoms. The summed E-state index contributed by atoms with van der Waals surface area (Å²) < 4.78 is 5.30. The van der Waals surface area contributed by atoms with Crippen LogP contribution in [0.2, 0.25) is 0 Å². The molecule has 110 valence electrons. The van der Waals surface area contributed by atoms with Crippen LogP contribution in [0.15, 0.2) is 12.7 Å². The van der Waals surface area contributed by atoms with Crippen LogP contribution in [0, 0.1) is 0 Å². The number of nitrogens with zero attached hydrogens (tertiary/aromatic N) is 2. The number of aromatic nitrogens is 1. The Morgan fingerprint density at radius 2 is 2.35 bits per heavy atom. The molecule has 6 nitrogen and oxygen atoms in total. The van der Waals surface area contributed by atoms with Crippen molar-refractivity contribution in [3.8, 4) is 0 Å². The molecular weight excluding hydrogens is 276 g/mol. The van der Waals surface area contributed by atoms with E-state index < -0.39 is 0 Å². The normalized spacial score (nSPS) is 16.8. The van der Waals surface area contributed by atoms with Crippen molar-refractivity contribution in [2.24, 2.45) is 0 Å². The van der Waals surface area contributed by atoms with E-state index in [1.807, 2.05) is 6.92 Å². The number of amides is 1. The predicted molar refractivity (Wildman–Crippen MR) is 81.3 cm³/mol. The lowest BCUT2D eigenvalue weighted by molar-refractivity contribution is 0.0945. The second-order valence-corrected chi connectivity index (χ2v) is 5.69. The van der Waals surface area contributed by atoms with Gasteiger partial charge in [0, 0.05) is 19.1 Å². The number of morpholine rings is 1. The maximum absolute atomic E-state index is 12.1. The van der Waals surface area contributed by atoms with Crippen LogP contribution < -0.4 is 16.0 Å². The summed E-state index contributed by atoms with van der Waals surface area (Å²) in [6, 6.07) is 0.0355. The molecule has 1 atom stereocenters. The van der Waals surface area contributed by atoms with Gasteiger partial charge in [-0.3, -0.25) is 4.79 Å². The number of thiazole rings is 1. The highest BCUT2D eigenvalue weighted by Gasteiger charge is 2.21. The minimum atomic E-state index is -0.172. The Kier molecular flexibility index (Phi) is 4.97. The van der Waals surface area contributed by atoms with Gasteiger partial charge in [0.2, 0.25) is 0 Å². The molecule has 0 aliphatic carbocycles. The van der Waals surface area contributed by atoms with Gasteiger partial charge in [0.15, 0.2) is 5.13 Å². The summed E-state index contributed by atoms with van der Waals surface area (Å²) in [7, 11) is 0. The topological polar surface area (TPSA) is 80.5 Å². The van der Waals surface area contributed by atoms with Crippen molar-refractivity contribution >= 4 is 28.2 Å². The number of hydrogen-bond donors (Lipinski definition) is 2. The quantitative estimate of drug-likeness (QED) is 0.800. The van der Waals surface area contributed by atoms with Crippen LogP contribution in [-0.4, -0.2) is 43.2 Å². The Hall–Kier alpha value is -1.60. The molecule has 1 fully saturated rings. The molecule has 1 aromatic rings. The van der Waals surface area contributed by atoms with Gasteiger partial charge in [-0.15, -0.1) is 6.58 Å². The highest BCUT2D eigenvalue weighted by atomic mass is 32.1. The van der Waals surface area contributed by atoms with Crippen LogP contribution in [0.1, 0.15) is 23.0 Å². The summed E-state index contributed by atoms with van der Waals surface area (Å²) in [5.74, 6) is 0.119. The molecule has 0 radical (unpaired) electrons. The van der Waals surface area contributed by atoms with Gasteiger partial charge in [0.05, 0.1) is 13.2 Å². The van der Waals surface area contributed by atoms with Gasteiger partial charge in [-0.2, -0.15) is 0 Å². The van der Waals surface area contributed by atoms with Gasteiger partial charge in [-0.1, -0.05) is 17.4 Å². The molecule has 2 rings (SSSR count). The molecule has 0 aromatic carbocycles. The number of ether oxygens (including phenoxy) is 1. The van der Waals surface area contributed by atoms with Crippen molar-refractivity contribution in [1.82, 2.24) is 10.3 Å². The number of nitrogens with one attached hydrogen (secondary N) is 1. The predicted octanol–water partition coefficient (Wildman–Crippen LogP) is 1.26. The second-order valence-electron chi connectivity index (χ2n) is 4.71. The molecule has 1 aliphatic heterocycles. The zero-order chi connectivity index (χ0) is 14.5. The Morgan fingerprint density at radius 3 is 3.00 bits per heavy atom. The van der Waals surface area contributed by atoms with E-state index in [9.17, 15) is 4.79 Å². The maximum Gasteiger partial charge on any atom is 0.265 e. The smallest absolute Gasteiger partial charge is 0.265 e. The van der Waals surface area contributed by atoms with E-state index in [4.69, 9.17) is 10.5 Å². The SMILES string of the molecule is C=CCC(C)NC(=O)c1sc(N2CCOCC2)nc1N. The van der Waals surface area contributed by atoms with Gasteiger partial charge in [-0.05, 0) is 13.3 Å². The lowest BCUT2D eigenvalue weighted by Crippen LogP contribution is -2.36. The van der Waals surface area contributed by atoms with E-state index in [1.165, 1.54) is 11.3 Å². The van der Waals surface area contributed by atoms with Crippen molar-refractivity contribution in [1.29, 1.82) is 0 Å². The molecular formula is C13H20N4O2S. The summed E-state index contributed by atoms with van der Waals surface area (Å²) in [6.07, 6.45) is 2.50. The zero-order valence-corrected chi connectivity index (χ0v) is 12.4. The minimum absolute atomic E-state index is 0.0355. The summed E-state index contributed by atoms with van der Waals surface area (Å²) >= 11 is 1.33. The van der Waals surface area contributed by atoms with Crippen LogP contribution in [0.3, 0.4) is 0 Å². The van der Waals surface area contributed by atoms with E-state index in [0.29, 0.717) is 23.9 Å². The summed E-state index contributed by atoms with van der Waals surface area (Å²) in [5.41, 5.74) is 5.86. The molecule has 1 aromatic heterocycles. The van der Waals surface area contributed by atoms with Crippen molar-refractivity contribution < 1.29 is 9.53 Å². The first-order valence-corrected chi connectivity index (χ1v) is 7.44. The van der Waals surface area contributed by atoms with E-state index in [1.54, 1.807) is 6.08 Å². The van der Waals surface area contributed by atoms with Gasteiger partial charge < -0.3 is 20.7 Å². The van der Waals surface area contributed by atoms with Gasteiger partial charge in [0.25, 0.3) is 5.91 Å². The average Bonchev–Trinajstić information content (AvgIpc) is 2.82. The molecule has 7 heteroatoms. The number of rotatable bonds is 5. The van der Waals surface area contributed by atoms with Crippen molar-refractivity contribution in [2.75, 3.05) is 36.9 Å². The minimum Gasteiger partial charge on any atom is -0.382 e. The average molecular weight is 296 g/mol. The number of anilines is 2. The van der Waals surface area contributed by atoms with Crippen LogP contribution in [0.25, 0.3) is 0 Å². The first-order valence-electron chi connectivity index (χ1n) is 6.62. The summed E-state index contributed by atoms with van der Waals surface area (Å²) in [5, 5.41) is 3.68. The number of hydrogen-bond acceptors (Lipinski definition) is 6. The van der Waals surface area contributed by atoms with Crippen molar-refractivity contribution in [2.45, 2.75) is 19.4 Å². The first-order chi connectivity index (χ1) is 9.61. The second kappa shape index (κ2) is 6.71. The molecule has 0 saturated carbocycles. The maximum atomic E-state index is 12.1. The third-order valence-electron chi connectivity index (χ3n) is 3.03. The lowest BCUT2D eigenvalue weighted by atomic mass is 10.2. The number of nitrogen functional groups attached to an aromatic ring is 1. The number of carbonyl (C=O) groups is 1. The van der Waals surface area contributed by atoms with Gasteiger partial charge >= 0.3 is 0 Å². The lowest BCUT2D eigenvalue weighted by Gasteiger charge is -2.25. The number of carbonyl (C=O) groups excluding carboxylic acids is 1. The highest BCUT2D eigenvalue weighted by molar-refractivity contribution is 7.18. The monoisotopic (exact) mass is 296 g/mol. The fourth-order valence-electron chi connectivity index (χ4n) is 1.97. The summed E-state index contributed by atoms with van der Waals surface area (Å²) in [4.78, 5) is 19.0. The molecule has 2 heterocycles. The van der Waals surface area contributed by atoms with Crippen LogP contribution >= 0.6 is 11.3 Å². The van der Waals surface area contributed by atoms with E-state index in [2.05, 4.69) is 21.8 Å². The van der Waals surface area contributed by atoms with Crippen LogP contribution in [0.5, 0.6) is 0 Å². The molecule has 3 N–H and O–H groups in total. The standard InChI is InChI=1S/C13H20N4O2S/c1-3-4-9(2)15-12(18)10-11(14)16-13(20-10)17-5-7-19-8-6-17/h3,9H,1,4-8,14H2,2H3,(H,15,18). The van der Waals surface area contributed by atoms with Crippen molar-refractivity contribution in [3.63, 3.8) is 0 Å². The molecule has 1 amide bonds. The zero-order valence-electron chi connectivity index (χ0n) is 11.6. The van der Waals surface area contributed by atoms with Crippen LogP contribution in [0.4, 0.5) is 10.9 Å². The third-order valence-corrected chi connectivity index (χ3v) is 4.16. The highest BCUT2D eigenvalue weighted by Crippen LogP contribution is 2.28. The Balaban J connectivity index is 2.06. The molecule has 1 saturated heterocycles. The largest absolute Gasteiger partial charge is 0.382 e. The molecule has 20 heavy (non-hydrogen) atoms. The first kappa shape index (κ1) is 14.8. The number of nitrogens with two attached hydrogens (primary N) is 1. The van der Waals surface area contributed by atoms with E-state index in [0.717, 1.165) is 24.6 Å². The van der Waals surface area contributed by atoms with Gasteiger partial charge in [0.1, 0.15) is 10.7 Å². The Bertz CT molecular complexity index is 483. The Morgan fingerprint density at radius 1 is 1.65 bits per heavy atom. The molecule has 1 aliphatic rings. The fraction of sp³-hybridized carbons (Fsp3) is 0.538.